The van der Waals surface area contributed by atoms with Crippen LogP contribution in [0.25, 0.3) is 11.2 Å². The lowest BCUT2D eigenvalue weighted by molar-refractivity contribution is 0.545. The van der Waals surface area contributed by atoms with Gasteiger partial charge in [-0.2, -0.15) is 14.4 Å². The first-order valence-corrected chi connectivity index (χ1v) is 5.17. The number of imidazole rings is 1. The topological polar surface area (TPSA) is 92.3 Å². The summed E-state index contributed by atoms with van der Waals surface area (Å²) in [5, 5.41) is 2.99. The minimum absolute atomic E-state index is 0.286. The van der Waals surface area contributed by atoms with Gasteiger partial charge in [0.05, 0.1) is 6.33 Å². The van der Waals surface area contributed by atoms with Gasteiger partial charge in [0.2, 0.25) is 0 Å². The molecule has 0 atom stereocenters. The summed E-state index contributed by atoms with van der Waals surface area (Å²) in [6, 6.07) is 0. The van der Waals surface area contributed by atoms with E-state index in [0.717, 1.165) is 5.56 Å². The summed E-state index contributed by atoms with van der Waals surface area (Å²) in [5.74, 6) is 0.360. The van der Waals surface area contributed by atoms with Crippen LogP contribution >= 0.6 is 0 Å². The fourth-order valence-electron chi connectivity index (χ4n) is 1.54. The van der Waals surface area contributed by atoms with Gasteiger partial charge in [-0.05, 0) is 0 Å². The Balaban J connectivity index is 1.88. The van der Waals surface area contributed by atoms with E-state index in [9.17, 15) is 4.39 Å². The number of nitrogens with one attached hydrogen (secondary N) is 2. The summed E-state index contributed by atoms with van der Waals surface area (Å²) in [4.78, 5) is 21.8. The molecule has 3 aromatic rings. The van der Waals surface area contributed by atoms with Gasteiger partial charge in [-0.3, -0.25) is 0 Å². The molecule has 0 radical (unpaired) electrons. The first-order chi connectivity index (χ1) is 8.83. The van der Waals surface area contributed by atoms with Crippen molar-refractivity contribution < 1.29 is 4.39 Å². The third kappa shape index (κ3) is 1.95. The largest absolute Gasteiger partial charge is 0.364 e. The number of halogens is 1. The van der Waals surface area contributed by atoms with Gasteiger partial charge < -0.3 is 10.3 Å². The number of hydrogen-bond acceptors (Lipinski definition) is 6. The molecule has 0 unspecified atom stereocenters. The Hall–Kier alpha value is -2.64. The molecule has 0 aliphatic carbocycles. The Morgan fingerprint density at radius 1 is 1.22 bits per heavy atom. The van der Waals surface area contributed by atoms with Gasteiger partial charge in [0.25, 0.3) is 0 Å². The minimum atomic E-state index is -0.818. The Labute approximate surface area is 101 Å². The molecule has 0 amide bonds. The smallest absolute Gasteiger partial charge is 0.312 e. The minimum Gasteiger partial charge on any atom is -0.364 e. The molecule has 3 aromatic heterocycles. The molecule has 3 rings (SSSR count). The van der Waals surface area contributed by atoms with Crippen LogP contribution < -0.4 is 5.32 Å². The van der Waals surface area contributed by atoms with E-state index in [1.54, 1.807) is 12.4 Å². The van der Waals surface area contributed by atoms with Gasteiger partial charge in [-0.15, -0.1) is 0 Å². The van der Waals surface area contributed by atoms with Gasteiger partial charge in [0.15, 0.2) is 11.5 Å². The number of aromatic amines is 1. The van der Waals surface area contributed by atoms with Crippen LogP contribution in [0.5, 0.6) is 0 Å². The average molecular weight is 245 g/mol. The van der Waals surface area contributed by atoms with Gasteiger partial charge in [-0.1, -0.05) is 0 Å². The molecular weight excluding hydrogens is 237 g/mol. The molecule has 0 saturated carbocycles. The Bertz CT molecular complexity index is 666. The molecule has 0 aliphatic rings. The van der Waals surface area contributed by atoms with Crippen molar-refractivity contribution in [3.63, 3.8) is 0 Å². The predicted molar refractivity (Wildman–Crippen MR) is 61.0 cm³/mol. The highest BCUT2D eigenvalue weighted by Gasteiger charge is 2.09. The summed E-state index contributed by atoms with van der Waals surface area (Å²) >= 11 is 0. The lowest BCUT2D eigenvalue weighted by Gasteiger charge is -2.05. The first-order valence-electron chi connectivity index (χ1n) is 5.17. The van der Waals surface area contributed by atoms with Crippen molar-refractivity contribution in [1.29, 1.82) is 0 Å². The third-order valence-corrected chi connectivity index (χ3v) is 2.33. The summed E-state index contributed by atoms with van der Waals surface area (Å²) in [6.45, 7) is 0.436. The molecule has 3 heterocycles. The lowest BCUT2D eigenvalue weighted by atomic mass is 10.3. The molecule has 2 N–H and O–H groups in total. The van der Waals surface area contributed by atoms with E-state index in [1.807, 2.05) is 0 Å². The van der Waals surface area contributed by atoms with Crippen LogP contribution in [-0.2, 0) is 6.54 Å². The Morgan fingerprint density at radius 2 is 2.06 bits per heavy atom. The Kier molecular flexibility index (Phi) is 2.52. The molecular formula is C10H8FN7. The second kappa shape index (κ2) is 4.32. The fourth-order valence-corrected chi connectivity index (χ4v) is 1.54. The maximum absolute atomic E-state index is 13.2. The van der Waals surface area contributed by atoms with Crippen molar-refractivity contribution in [2.75, 3.05) is 5.32 Å². The number of anilines is 1. The number of hydrogen-bond donors (Lipinski definition) is 2. The molecule has 7 nitrogen and oxygen atoms in total. The zero-order valence-electron chi connectivity index (χ0n) is 9.13. The number of nitrogens with zero attached hydrogens (tertiary/aromatic N) is 5. The molecule has 0 fully saturated rings. The molecule has 18 heavy (non-hydrogen) atoms. The Morgan fingerprint density at radius 3 is 2.89 bits per heavy atom. The van der Waals surface area contributed by atoms with Crippen molar-refractivity contribution in [2.45, 2.75) is 6.54 Å². The van der Waals surface area contributed by atoms with E-state index in [-0.39, 0.29) is 5.65 Å². The summed E-state index contributed by atoms with van der Waals surface area (Å²) in [7, 11) is 0. The van der Waals surface area contributed by atoms with Crippen LogP contribution in [0.1, 0.15) is 5.56 Å². The molecule has 8 heteroatoms. The normalized spacial score (nSPS) is 10.7. The summed E-state index contributed by atoms with van der Waals surface area (Å²) in [6.07, 6.45) is 5.40. The van der Waals surface area contributed by atoms with E-state index in [4.69, 9.17) is 0 Å². The van der Waals surface area contributed by atoms with Crippen molar-refractivity contribution in [3.05, 3.63) is 36.7 Å². The SMILES string of the molecule is Fc1nc(NCc2cncnc2)c2[nH]cnc2n1. The molecule has 90 valence electrons. The molecule has 0 aromatic carbocycles. The summed E-state index contributed by atoms with van der Waals surface area (Å²) < 4.78 is 13.2. The molecule has 0 spiro atoms. The molecule has 0 saturated heterocycles. The van der Waals surface area contributed by atoms with Crippen LogP contribution in [-0.4, -0.2) is 29.9 Å². The highest BCUT2D eigenvalue weighted by Crippen LogP contribution is 2.16. The first kappa shape index (κ1) is 10.5. The van der Waals surface area contributed by atoms with Crippen molar-refractivity contribution >= 4 is 17.0 Å². The van der Waals surface area contributed by atoms with Crippen LogP contribution in [0.15, 0.2) is 25.0 Å². The van der Waals surface area contributed by atoms with E-state index >= 15 is 0 Å². The second-order valence-electron chi connectivity index (χ2n) is 3.54. The number of rotatable bonds is 3. The lowest BCUT2D eigenvalue weighted by Crippen LogP contribution is -2.05. The van der Waals surface area contributed by atoms with Crippen molar-refractivity contribution in [2.24, 2.45) is 0 Å². The van der Waals surface area contributed by atoms with Gasteiger partial charge in [0.1, 0.15) is 11.8 Å². The van der Waals surface area contributed by atoms with Gasteiger partial charge >= 0.3 is 6.08 Å². The summed E-state index contributed by atoms with van der Waals surface area (Å²) in [5.41, 5.74) is 1.71. The maximum atomic E-state index is 13.2. The van der Waals surface area contributed by atoms with E-state index < -0.39 is 6.08 Å². The van der Waals surface area contributed by atoms with E-state index in [0.29, 0.717) is 17.9 Å². The highest BCUT2D eigenvalue weighted by atomic mass is 19.1. The second-order valence-corrected chi connectivity index (χ2v) is 3.54. The van der Waals surface area contributed by atoms with Crippen LogP contribution in [0, 0.1) is 6.08 Å². The molecule has 0 bridgehead atoms. The van der Waals surface area contributed by atoms with Crippen molar-refractivity contribution in [1.82, 2.24) is 29.9 Å². The third-order valence-electron chi connectivity index (χ3n) is 2.33. The van der Waals surface area contributed by atoms with E-state index in [2.05, 4.69) is 35.2 Å². The fraction of sp³-hybridized carbons (Fsp3) is 0.100. The van der Waals surface area contributed by atoms with Crippen LogP contribution in [0.2, 0.25) is 0 Å². The average Bonchev–Trinajstić information content (AvgIpc) is 2.85. The van der Waals surface area contributed by atoms with Crippen LogP contribution in [0.3, 0.4) is 0 Å². The van der Waals surface area contributed by atoms with E-state index in [1.165, 1.54) is 12.7 Å². The monoisotopic (exact) mass is 245 g/mol. The van der Waals surface area contributed by atoms with Crippen molar-refractivity contribution in [3.8, 4) is 0 Å². The quantitative estimate of drug-likeness (QED) is 0.666. The molecule has 0 aliphatic heterocycles. The maximum Gasteiger partial charge on any atom is 0.312 e. The highest BCUT2D eigenvalue weighted by molar-refractivity contribution is 5.81. The van der Waals surface area contributed by atoms with Crippen LogP contribution in [0.4, 0.5) is 10.2 Å². The number of H-pyrrole nitrogens is 1. The van der Waals surface area contributed by atoms with Gasteiger partial charge in [-0.25, -0.2) is 15.0 Å². The standard InChI is InChI=1S/C10H8FN7/c11-10-17-8(7-9(18-10)16-5-15-7)14-3-6-1-12-4-13-2-6/h1-2,4-5H,3H2,(H2,14,15,16,17,18). The zero-order valence-corrected chi connectivity index (χ0v) is 9.13. The number of fused-ring (bicyclic) bond motifs is 1. The predicted octanol–water partition coefficient (Wildman–Crippen LogP) is 0.894. The zero-order chi connectivity index (χ0) is 12.4. The van der Waals surface area contributed by atoms with Gasteiger partial charge in [0, 0.05) is 24.5 Å². The number of aromatic nitrogens is 6.